The Balaban J connectivity index is 1.43. The van der Waals surface area contributed by atoms with Crippen LogP contribution in [0, 0.1) is 35.5 Å². The van der Waals surface area contributed by atoms with Crippen LogP contribution < -0.4 is 0 Å². The fourth-order valence-corrected chi connectivity index (χ4v) is 21.3. The van der Waals surface area contributed by atoms with Crippen LogP contribution in [0.3, 0.4) is 0 Å². The molecule has 0 saturated heterocycles. The van der Waals surface area contributed by atoms with Crippen molar-refractivity contribution in [2.75, 3.05) is 13.1 Å². The molecule has 2 aliphatic rings. The molecule has 4 aromatic heterocycles. The summed E-state index contributed by atoms with van der Waals surface area (Å²) in [6, 6.07) is 9.89. The van der Waals surface area contributed by atoms with E-state index in [0.717, 1.165) is 98.2 Å². The maximum absolute atomic E-state index is 16.6. The Kier molecular flexibility index (Phi) is 28.6. The van der Waals surface area contributed by atoms with Crippen LogP contribution in [0.4, 0.5) is 0 Å². The second-order valence-electron chi connectivity index (χ2n) is 27.1. The number of fused-ring (bicyclic) bond motifs is 5. The van der Waals surface area contributed by atoms with Crippen molar-refractivity contribution in [2.24, 2.45) is 35.5 Å². The average molecular weight is 1400 g/mol. The number of thiophene rings is 4. The molecule has 6 aromatic rings. The first-order valence-corrected chi connectivity index (χ1v) is 41.1. The van der Waals surface area contributed by atoms with Crippen LogP contribution in [0.15, 0.2) is 43.0 Å². The van der Waals surface area contributed by atoms with Crippen LogP contribution in [-0.2, 0) is 35.3 Å². The van der Waals surface area contributed by atoms with Gasteiger partial charge in [0, 0.05) is 31.9 Å². The van der Waals surface area contributed by atoms with Gasteiger partial charge in [0.05, 0.1) is 39.9 Å². The van der Waals surface area contributed by atoms with E-state index in [0.29, 0.717) is 59.7 Å². The van der Waals surface area contributed by atoms with Gasteiger partial charge in [-0.15, -0.1) is 45.3 Å². The van der Waals surface area contributed by atoms with E-state index in [2.05, 4.69) is 149 Å². The summed E-state index contributed by atoms with van der Waals surface area (Å²) in [5.41, 5.74) is 9.06. The van der Waals surface area contributed by atoms with E-state index in [1.54, 1.807) is 0 Å². The predicted octanol–water partition coefficient (Wildman–Crippen LogP) is 26.9. The van der Waals surface area contributed by atoms with Crippen molar-refractivity contribution in [1.29, 1.82) is 0 Å². The highest BCUT2D eigenvalue weighted by Gasteiger charge is 2.50. The van der Waals surface area contributed by atoms with Crippen LogP contribution in [-0.4, -0.2) is 34.7 Å². The molecule has 0 fully saturated rings. The predicted molar refractivity (Wildman–Crippen MR) is 400 cm³/mol. The molecule has 2 amide bonds. The van der Waals surface area contributed by atoms with Crippen LogP contribution in [0.25, 0.3) is 51.7 Å². The summed E-state index contributed by atoms with van der Waals surface area (Å²) in [5.74, 6) is 3.49. The molecule has 6 heterocycles. The summed E-state index contributed by atoms with van der Waals surface area (Å²) in [5, 5.41) is 5.56. The van der Waals surface area contributed by atoms with Crippen molar-refractivity contribution >= 4 is 141 Å². The van der Waals surface area contributed by atoms with Gasteiger partial charge in [-0.1, -0.05) is 224 Å². The molecule has 6 atom stereocenters. The molecule has 10 heteroatoms. The Morgan fingerprint density at radius 3 is 0.852 bits per heavy atom. The SMILES string of the molecule is CCCCC(CC)CCc1c2cc(C3=C4C(=O)N(CC(CC)CCCC)C(c5cc6c(CCC(CC)CCCC)c7sc(Br)cc7c(CCC(CC)CCCC)c6s5)=C4C(=O)N3CC(CC)CCCC)sc2c(CCC(CC)CCCC)c2cc(Br)sc12. The third kappa shape index (κ3) is 16.6. The summed E-state index contributed by atoms with van der Waals surface area (Å²) in [7, 11) is 0. The van der Waals surface area contributed by atoms with Gasteiger partial charge in [-0.05, 0) is 200 Å². The fourth-order valence-electron chi connectivity index (χ4n) is 15.2. The Hall–Kier alpha value is -2.34. The van der Waals surface area contributed by atoms with Crippen molar-refractivity contribution in [3.05, 3.63) is 75.0 Å². The zero-order valence-electron chi connectivity index (χ0n) is 56.9. The Morgan fingerprint density at radius 1 is 0.341 bits per heavy atom. The third-order valence-electron chi connectivity index (χ3n) is 21.3. The van der Waals surface area contributed by atoms with Crippen molar-refractivity contribution in [3.8, 4) is 0 Å². The third-order valence-corrected chi connectivity index (χ3v) is 27.1. The van der Waals surface area contributed by atoms with E-state index in [1.165, 1.54) is 199 Å². The van der Waals surface area contributed by atoms with Gasteiger partial charge in [0.15, 0.2) is 0 Å². The highest BCUT2D eigenvalue weighted by Crippen LogP contribution is 2.54. The highest BCUT2D eigenvalue weighted by atomic mass is 79.9. The Labute approximate surface area is 567 Å². The van der Waals surface area contributed by atoms with Gasteiger partial charge < -0.3 is 9.80 Å². The largest absolute Gasteiger partial charge is 0.306 e. The minimum Gasteiger partial charge on any atom is -0.306 e. The number of halogens is 2. The second kappa shape index (κ2) is 35.2. The lowest BCUT2D eigenvalue weighted by atomic mass is 9.88. The summed E-state index contributed by atoms with van der Waals surface area (Å²) < 4.78 is 8.06. The zero-order chi connectivity index (χ0) is 63.0. The Bertz CT molecular complexity index is 2930. The number of carbonyl (C=O) groups excluding carboxylic acids is 2. The monoisotopic (exact) mass is 1400 g/mol. The van der Waals surface area contributed by atoms with E-state index >= 15 is 9.59 Å². The molecule has 8 rings (SSSR count). The summed E-state index contributed by atoms with van der Waals surface area (Å²) in [6.07, 6.45) is 37.5. The molecule has 0 bridgehead atoms. The van der Waals surface area contributed by atoms with Crippen LogP contribution in [0.2, 0.25) is 0 Å². The topological polar surface area (TPSA) is 40.6 Å². The van der Waals surface area contributed by atoms with Gasteiger partial charge in [0.1, 0.15) is 0 Å². The van der Waals surface area contributed by atoms with Gasteiger partial charge in [-0.3, -0.25) is 9.59 Å². The van der Waals surface area contributed by atoms with Gasteiger partial charge >= 0.3 is 0 Å². The molecule has 0 radical (unpaired) electrons. The number of hydrogen-bond donors (Lipinski definition) is 0. The van der Waals surface area contributed by atoms with Crippen LogP contribution >= 0.6 is 77.2 Å². The molecular weight excluding hydrogens is 1280 g/mol. The summed E-state index contributed by atoms with van der Waals surface area (Å²) in [6.45, 7) is 29.4. The van der Waals surface area contributed by atoms with E-state index in [9.17, 15) is 0 Å². The number of benzene rings is 2. The maximum Gasteiger partial charge on any atom is 0.261 e. The van der Waals surface area contributed by atoms with Crippen molar-refractivity contribution in [3.63, 3.8) is 0 Å². The first-order valence-electron chi connectivity index (χ1n) is 36.3. The lowest BCUT2D eigenvalue weighted by Gasteiger charge is -2.29. The Morgan fingerprint density at radius 2 is 0.591 bits per heavy atom. The molecule has 0 saturated carbocycles. The minimum absolute atomic E-state index is 0.0462. The highest BCUT2D eigenvalue weighted by molar-refractivity contribution is 9.11. The molecule has 0 spiro atoms. The second-order valence-corrected chi connectivity index (χ2v) is 34.1. The molecule has 4 nitrogen and oxygen atoms in total. The lowest BCUT2D eigenvalue weighted by Crippen LogP contribution is -2.34. The van der Waals surface area contributed by atoms with Gasteiger partial charge in [-0.25, -0.2) is 0 Å². The summed E-state index contributed by atoms with van der Waals surface area (Å²) in [4.78, 5) is 39.8. The number of rotatable bonds is 42. The number of carbonyl (C=O) groups is 2. The van der Waals surface area contributed by atoms with Gasteiger partial charge in [0.2, 0.25) is 0 Å². The molecule has 486 valence electrons. The zero-order valence-corrected chi connectivity index (χ0v) is 63.4. The van der Waals surface area contributed by atoms with Gasteiger partial charge in [0.25, 0.3) is 11.8 Å². The van der Waals surface area contributed by atoms with E-state index in [-0.39, 0.29) is 11.8 Å². The smallest absolute Gasteiger partial charge is 0.261 e. The minimum atomic E-state index is 0.0462. The quantitative estimate of drug-likeness (QED) is 0.0383. The van der Waals surface area contributed by atoms with Crippen molar-refractivity contribution < 1.29 is 9.59 Å². The number of hydrogen-bond acceptors (Lipinski definition) is 6. The molecule has 88 heavy (non-hydrogen) atoms. The first kappa shape index (κ1) is 71.5. The van der Waals surface area contributed by atoms with E-state index < -0.39 is 0 Å². The van der Waals surface area contributed by atoms with E-state index in [1.807, 2.05) is 45.3 Å². The number of unbranched alkanes of at least 4 members (excludes halogenated alkanes) is 6. The van der Waals surface area contributed by atoms with Crippen molar-refractivity contribution in [1.82, 2.24) is 9.80 Å². The van der Waals surface area contributed by atoms with Gasteiger partial charge in [-0.2, -0.15) is 0 Å². The molecule has 0 aliphatic carbocycles. The molecule has 0 N–H and O–H groups in total. The number of amides is 2. The fraction of sp³-hybridized carbons (Fsp3) is 0.667. The number of aryl methyl sites for hydroxylation is 4. The normalized spacial score (nSPS) is 16.1. The first-order chi connectivity index (χ1) is 42.8. The lowest BCUT2D eigenvalue weighted by molar-refractivity contribution is -0.124. The van der Waals surface area contributed by atoms with E-state index in [4.69, 9.17) is 0 Å². The molecule has 2 aromatic carbocycles. The van der Waals surface area contributed by atoms with Crippen molar-refractivity contribution in [2.45, 2.75) is 289 Å². The summed E-state index contributed by atoms with van der Waals surface area (Å²) >= 11 is 15.8. The molecular formula is C78H114Br2N2O2S4. The van der Waals surface area contributed by atoms with Crippen LogP contribution in [0.1, 0.15) is 295 Å². The molecule has 2 aliphatic heterocycles. The average Bonchev–Trinajstić information content (AvgIpc) is 1.56. The number of nitrogens with zero attached hydrogens (tertiary/aromatic N) is 2. The molecule has 6 unspecified atom stereocenters. The van der Waals surface area contributed by atoms with Crippen LogP contribution in [0.5, 0.6) is 0 Å². The standard InChI is InChI=1S/C78H114Br2N2O2S4/c1-13-25-31-51(19-7)37-41-57-61-45-65(85-73(61)59(63-47-67(79)87-75(57)63)43-39-53(21-9)33-27-15-3)71-69-70(78(84)81(71)49-55(23-11)35-29-17-5)72(82(77(69)83)50-56(24-12)36-30-18-6)66-46-62-58(42-38-52(20-8)32-26-14-2)76-64(48-68(80)88-76)60(74(62)86-66)44-40-54(22-10)34-28-16-4/h45-48,51-56H,13-44,49-50H2,1-12H3. The maximum atomic E-state index is 16.6.